The largest absolute Gasteiger partial charge is 0.456 e. The monoisotopic (exact) mass is 274 g/mol. The molecule has 0 aliphatic heterocycles. The van der Waals surface area contributed by atoms with Crippen molar-refractivity contribution in [2.24, 2.45) is 5.73 Å². The molecule has 21 heavy (non-hydrogen) atoms. The van der Waals surface area contributed by atoms with Crippen LogP contribution in [0.1, 0.15) is 17.2 Å². The van der Waals surface area contributed by atoms with Crippen LogP contribution in [-0.2, 0) is 0 Å². The fourth-order valence-corrected chi connectivity index (χ4v) is 2.69. The number of pyridine rings is 1. The first kappa shape index (κ1) is 12.1. The fraction of sp³-hybridized carbons (Fsp3) is 0.0556. The van der Waals surface area contributed by atoms with Gasteiger partial charge in [-0.05, 0) is 35.4 Å². The highest BCUT2D eigenvalue weighted by molar-refractivity contribution is 6.05. The predicted molar refractivity (Wildman–Crippen MR) is 84.0 cm³/mol. The van der Waals surface area contributed by atoms with E-state index < -0.39 is 0 Å². The maximum absolute atomic E-state index is 6.35. The molecule has 1 unspecified atom stereocenters. The van der Waals surface area contributed by atoms with Crippen molar-refractivity contribution in [3.05, 3.63) is 78.1 Å². The number of nitrogens with two attached hydrogens (primary N) is 1. The van der Waals surface area contributed by atoms with Gasteiger partial charge < -0.3 is 10.2 Å². The van der Waals surface area contributed by atoms with E-state index in [1.807, 2.05) is 48.7 Å². The van der Waals surface area contributed by atoms with Gasteiger partial charge in [0.25, 0.3) is 0 Å². The summed E-state index contributed by atoms with van der Waals surface area (Å²) in [6.07, 6.45) is 3.56. The number of aromatic nitrogens is 1. The topological polar surface area (TPSA) is 52.0 Å². The van der Waals surface area contributed by atoms with Crippen molar-refractivity contribution in [2.45, 2.75) is 6.04 Å². The highest BCUT2D eigenvalue weighted by atomic mass is 16.3. The molecule has 2 aromatic carbocycles. The van der Waals surface area contributed by atoms with Crippen LogP contribution in [0.5, 0.6) is 0 Å². The molecule has 0 fully saturated rings. The Morgan fingerprint density at radius 2 is 1.71 bits per heavy atom. The Bertz CT molecular complexity index is 912. The minimum atomic E-state index is -0.184. The summed E-state index contributed by atoms with van der Waals surface area (Å²) in [4.78, 5) is 4.13. The molecule has 0 aliphatic rings. The predicted octanol–water partition coefficient (Wildman–Crippen LogP) is 4.03. The lowest BCUT2D eigenvalue weighted by Crippen LogP contribution is -2.11. The van der Waals surface area contributed by atoms with E-state index in [1.165, 1.54) is 0 Å². The Morgan fingerprint density at radius 3 is 2.57 bits per heavy atom. The van der Waals surface area contributed by atoms with Gasteiger partial charge in [-0.3, -0.25) is 4.98 Å². The van der Waals surface area contributed by atoms with E-state index in [2.05, 4.69) is 17.1 Å². The maximum atomic E-state index is 6.35. The van der Waals surface area contributed by atoms with Crippen LogP contribution in [0.2, 0.25) is 0 Å². The lowest BCUT2D eigenvalue weighted by Gasteiger charge is -2.11. The lowest BCUT2D eigenvalue weighted by atomic mass is 9.99. The molecule has 1 atom stereocenters. The molecule has 0 radical (unpaired) electrons. The molecule has 0 amide bonds. The van der Waals surface area contributed by atoms with Crippen LogP contribution < -0.4 is 5.73 Å². The fourth-order valence-electron chi connectivity index (χ4n) is 2.69. The van der Waals surface area contributed by atoms with Crippen LogP contribution in [0.3, 0.4) is 0 Å². The summed E-state index contributed by atoms with van der Waals surface area (Å²) in [7, 11) is 0. The van der Waals surface area contributed by atoms with Gasteiger partial charge >= 0.3 is 0 Å². The zero-order valence-electron chi connectivity index (χ0n) is 11.4. The quantitative estimate of drug-likeness (QED) is 0.600. The van der Waals surface area contributed by atoms with Crippen molar-refractivity contribution in [2.75, 3.05) is 0 Å². The highest BCUT2D eigenvalue weighted by Gasteiger charge is 2.12. The zero-order valence-corrected chi connectivity index (χ0v) is 11.4. The van der Waals surface area contributed by atoms with E-state index in [0.29, 0.717) is 0 Å². The number of rotatable bonds is 2. The molecule has 3 heteroatoms. The van der Waals surface area contributed by atoms with E-state index in [-0.39, 0.29) is 6.04 Å². The van der Waals surface area contributed by atoms with Gasteiger partial charge in [0.15, 0.2) is 0 Å². The smallest absolute Gasteiger partial charge is 0.135 e. The van der Waals surface area contributed by atoms with Crippen LogP contribution in [-0.4, -0.2) is 4.98 Å². The summed E-state index contributed by atoms with van der Waals surface area (Å²) < 4.78 is 5.84. The van der Waals surface area contributed by atoms with E-state index in [9.17, 15) is 0 Å². The molecule has 0 saturated carbocycles. The van der Waals surface area contributed by atoms with Crippen LogP contribution in [0, 0.1) is 0 Å². The first-order valence-corrected chi connectivity index (χ1v) is 6.89. The second-order valence-corrected chi connectivity index (χ2v) is 5.12. The Labute approximate surface area is 122 Å². The summed E-state index contributed by atoms with van der Waals surface area (Å²) in [5.74, 6) is 0. The summed E-state index contributed by atoms with van der Waals surface area (Å²) >= 11 is 0. The SMILES string of the molecule is NC(c1cccnc1)c1ccc2oc3ccccc3c2c1. The number of hydrogen-bond acceptors (Lipinski definition) is 3. The molecule has 102 valence electrons. The maximum Gasteiger partial charge on any atom is 0.135 e. The van der Waals surface area contributed by atoms with E-state index in [1.54, 1.807) is 6.20 Å². The van der Waals surface area contributed by atoms with Gasteiger partial charge in [-0.2, -0.15) is 0 Å². The van der Waals surface area contributed by atoms with Crippen molar-refractivity contribution in [1.82, 2.24) is 4.98 Å². The second-order valence-electron chi connectivity index (χ2n) is 5.12. The summed E-state index contributed by atoms with van der Waals surface area (Å²) in [6.45, 7) is 0. The van der Waals surface area contributed by atoms with Gasteiger partial charge in [-0.1, -0.05) is 30.3 Å². The number of nitrogens with zero attached hydrogens (tertiary/aromatic N) is 1. The van der Waals surface area contributed by atoms with Gasteiger partial charge in [0.1, 0.15) is 11.2 Å². The van der Waals surface area contributed by atoms with E-state index in [0.717, 1.165) is 33.1 Å². The summed E-state index contributed by atoms with van der Waals surface area (Å²) in [6, 6.07) is 17.9. The Balaban J connectivity index is 1.88. The average molecular weight is 274 g/mol. The van der Waals surface area contributed by atoms with Gasteiger partial charge in [-0.15, -0.1) is 0 Å². The van der Waals surface area contributed by atoms with E-state index >= 15 is 0 Å². The standard InChI is InChI=1S/C18H14N2O/c19-18(13-4-3-9-20-11-13)12-7-8-17-15(10-12)14-5-1-2-6-16(14)21-17/h1-11,18H,19H2. The number of hydrogen-bond donors (Lipinski definition) is 1. The van der Waals surface area contributed by atoms with Gasteiger partial charge in [0.05, 0.1) is 6.04 Å². The first-order valence-electron chi connectivity index (χ1n) is 6.89. The molecule has 3 nitrogen and oxygen atoms in total. The van der Waals surface area contributed by atoms with Gasteiger partial charge in [0, 0.05) is 23.2 Å². The Morgan fingerprint density at radius 1 is 0.857 bits per heavy atom. The first-order chi connectivity index (χ1) is 10.3. The summed E-state index contributed by atoms with van der Waals surface area (Å²) in [5.41, 5.74) is 10.2. The van der Waals surface area contributed by atoms with Crippen LogP contribution >= 0.6 is 0 Å². The Hall–Kier alpha value is -2.65. The Kier molecular flexibility index (Phi) is 2.72. The molecule has 0 spiro atoms. The van der Waals surface area contributed by atoms with Crippen molar-refractivity contribution < 1.29 is 4.42 Å². The third kappa shape index (κ3) is 1.99. The molecule has 2 N–H and O–H groups in total. The van der Waals surface area contributed by atoms with Crippen LogP contribution in [0.15, 0.2) is 71.4 Å². The van der Waals surface area contributed by atoms with Crippen molar-refractivity contribution >= 4 is 21.9 Å². The number of benzene rings is 2. The molecule has 4 aromatic rings. The zero-order chi connectivity index (χ0) is 14.2. The third-order valence-corrected chi connectivity index (χ3v) is 3.80. The molecule has 0 bridgehead atoms. The van der Waals surface area contributed by atoms with Gasteiger partial charge in [-0.25, -0.2) is 0 Å². The minimum absolute atomic E-state index is 0.184. The summed E-state index contributed by atoms with van der Waals surface area (Å²) in [5, 5.41) is 2.22. The minimum Gasteiger partial charge on any atom is -0.456 e. The van der Waals surface area contributed by atoms with Crippen molar-refractivity contribution in [3.63, 3.8) is 0 Å². The van der Waals surface area contributed by atoms with Crippen LogP contribution in [0.4, 0.5) is 0 Å². The van der Waals surface area contributed by atoms with Gasteiger partial charge in [0.2, 0.25) is 0 Å². The second kappa shape index (κ2) is 4.72. The molecular formula is C18H14N2O. The van der Waals surface area contributed by atoms with Crippen LogP contribution in [0.25, 0.3) is 21.9 Å². The molecule has 0 saturated heterocycles. The molecule has 2 heterocycles. The number of fused-ring (bicyclic) bond motifs is 3. The van der Waals surface area contributed by atoms with Crippen molar-refractivity contribution in [3.8, 4) is 0 Å². The lowest BCUT2D eigenvalue weighted by molar-refractivity contribution is 0.668. The van der Waals surface area contributed by atoms with E-state index in [4.69, 9.17) is 10.2 Å². The average Bonchev–Trinajstić information content (AvgIpc) is 2.93. The number of para-hydroxylation sites is 1. The highest BCUT2D eigenvalue weighted by Crippen LogP contribution is 2.31. The number of furan rings is 1. The molecule has 4 rings (SSSR count). The third-order valence-electron chi connectivity index (χ3n) is 3.80. The molecular weight excluding hydrogens is 260 g/mol. The molecule has 0 aliphatic carbocycles. The molecule has 2 aromatic heterocycles. The van der Waals surface area contributed by atoms with Crippen molar-refractivity contribution in [1.29, 1.82) is 0 Å². The normalized spacial score (nSPS) is 12.8.